The third-order valence-electron chi connectivity index (χ3n) is 4.40. The molecule has 0 radical (unpaired) electrons. The van der Waals surface area contributed by atoms with E-state index in [1.165, 1.54) is 31.5 Å². The molecule has 0 atom stereocenters. The molecule has 1 rings (SSSR count). The highest BCUT2D eigenvalue weighted by Gasteiger charge is 2.05. The molecule has 0 fully saturated rings. The minimum atomic E-state index is 0.756. The Kier molecular flexibility index (Phi) is 12.1. The van der Waals surface area contributed by atoms with Crippen LogP contribution in [0.5, 0.6) is 11.5 Å². The second kappa shape index (κ2) is 14.2. The monoisotopic (exact) mass is 378 g/mol. The zero-order valence-electron chi connectivity index (χ0n) is 17.8. The maximum atomic E-state index is 5.36. The number of benzene rings is 1. The van der Waals surface area contributed by atoms with Crippen LogP contribution in [0.25, 0.3) is 0 Å². The Bertz CT molecular complexity index is 543. The topological polar surface area (TPSA) is 58.1 Å². The highest BCUT2D eigenvalue weighted by molar-refractivity contribution is 5.79. The number of hydrogen-bond donors (Lipinski definition) is 2. The van der Waals surface area contributed by atoms with Gasteiger partial charge in [-0.3, -0.25) is 4.99 Å². The minimum Gasteiger partial charge on any atom is -0.493 e. The average Bonchev–Trinajstić information content (AvgIpc) is 2.69. The summed E-state index contributed by atoms with van der Waals surface area (Å²) in [7, 11) is 5.12. The van der Waals surface area contributed by atoms with Crippen molar-refractivity contribution in [3.05, 3.63) is 23.8 Å². The summed E-state index contributed by atoms with van der Waals surface area (Å²) in [6.07, 6.45) is 4.44. The summed E-state index contributed by atoms with van der Waals surface area (Å²) >= 11 is 0. The van der Waals surface area contributed by atoms with Crippen LogP contribution in [-0.4, -0.2) is 64.9 Å². The van der Waals surface area contributed by atoms with Gasteiger partial charge in [-0.1, -0.05) is 19.9 Å². The van der Waals surface area contributed by atoms with Gasteiger partial charge in [0.2, 0.25) is 0 Å². The van der Waals surface area contributed by atoms with Crippen LogP contribution in [0.4, 0.5) is 0 Å². The molecule has 0 saturated heterocycles. The fourth-order valence-corrected chi connectivity index (χ4v) is 3.06. The molecule has 0 aliphatic rings. The lowest BCUT2D eigenvalue weighted by molar-refractivity contribution is 0.271. The Balaban J connectivity index is 2.32. The number of rotatable bonds is 13. The second-order valence-electron chi connectivity index (χ2n) is 6.56. The first-order valence-corrected chi connectivity index (χ1v) is 10.1. The number of ether oxygens (including phenoxy) is 2. The van der Waals surface area contributed by atoms with Crippen LogP contribution in [0, 0.1) is 0 Å². The van der Waals surface area contributed by atoms with Crippen molar-refractivity contribution in [1.29, 1.82) is 0 Å². The van der Waals surface area contributed by atoms with Crippen LogP contribution >= 0.6 is 0 Å². The summed E-state index contributed by atoms with van der Waals surface area (Å²) in [5, 5.41) is 6.78. The van der Waals surface area contributed by atoms with Gasteiger partial charge in [0, 0.05) is 20.1 Å². The lowest BCUT2D eigenvalue weighted by Gasteiger charge is -2.21. The van der Waals surface area contributed by atoms with Gasteiger partial charge in [-0.2, -0.15) is 0 Å². The van der Waals surface area contributed by atoms with Gasteiger partial charge < -0.3 is 25.0 Å². The SMILES string of the molecule is CCCN(CCC)CCCNC(=NC)NCCc1ccc(OC)c(OC)c1. The van der Waals surface area contributed by atoms with E-state index in [0.717, 1.165) is 49.9 Å². The molecular weight excluding hydrogens is 340 g/mol. The Morgan fingerprint density at radius 1 is 0.963 bits per heavy atom. The summed E-state index contributed by atoms with van der Waals surface area (Å²) in [6, 6.07) is 6.03. The molecule has 0 aromatic heterocycles. The normalized spacial score (nSPS) is 11.6. The van der Waals surface area contributed by atoms with Crippen LogP contribution in [0.15, 0.2) is 23.2 Å². The standard InChI is InChI=1S/C21H38N4O2/c1-6-14-25(15-7-2)16-8-12-23-21(22-3)24-13-11-18-9-10-19(26-4)20(17-18)27-5/h9-10,17H,6-8,11-16H2,1-5H3,(H2,22,23,24). The van der Waals surface area contributed by atoms with Crippen molar-refractivity contribution in [2.24, 2.45) is 4.99 Å². The van der Waals surface area contributed by atoms with E-state index in [4.69, 9.17) is 9.47 Å². The third kappa shape index (κ3) is 9.00. The zero-order valence-corrected chi connectivity index (χ0v) is 17.8. The summed E-state index contributed by atoms with van der Waals surface area (Å²) < 4.78 is 10.6. The Labute approximate surface area is 165 Å². The summed E-state index contributed by atoms with van der Waals surface area (Å²) in [5.41, 5.74) is 1.20. The van der Waals surface area contributed by atoms with Crippen molar-refractivity contribution < 1.29 is 9.47 Å². The number of methoxy groups -OCH3 is 2. The quantitative estimate of drug-likeness (QED) is 0.314. The van der Waals surface area contributed by atoms with Gasteiger partial charge in [0.05, 0.1) is 14.2 Å². The van der Waals surface area contributed by atoms with E-state index >= 15 is 0 Å². The van der Waals surface area contributed by atoms with Gasteiger partial charge in [0.1, 0.15) is 0 Å². The average molecular weight is 379 g/mol. The van der Waals surface area contributed by atoms with Gasteiger partial charge in [0.15, 0.2) is 17.5 Å². The van der Waals surface area contributed by atoms with E-state index in [0.29, 0.717) is 0 Å². The molecule has 0 bridgehead atoms. The summed E-state index contributed by atoms with van der Waals surface area (Å²) in [5.74, 6) is 2.38. The van der Waals surface area contributed by atoms with E-state index in [1.54, 1.807) is 14.2 Å². The van der Waals surface area contributed by atoms with E-state index in [2.05, 4.69) is 40.4 Å². The van der Waals surface area contributed by atoms with E-state index in [9.17, 15) is 0 Å². The molecule has 0 spiro atoms. The summed E-state index contributed by atoms with van der Waals surface area (Å²) in [6.45, 7) is 9.73. The number of aliphatic imine (C=N–C) groups is 1. The van der Waals surface area contributed by atoms with Crippen molar-refractivity contribution in [2.45, 2.75) is 39.5 Å². The molecule has 0 amide bonds. The van der Waals surface area contributed by atoms with Crippen molar-refractivity contribution in [3.63, 3.8) is 0 Å². The molecule has 0 aliphatic heterocycles. The van der Waals surface area contributed by atoms with Crippen LogP contribution in [0.3, 0.4) is 0 Å². The van der Waals surface area contributed by atoms with Crippen molar-refractivity contribution in [1.82, 2.24) is 15.5 Å². The molecule has 0 unspecified atom stereocenters. The molecule has 0 heterocycles. The maximum Gasteiger partial charge on any atom is 0.190 e. The van der Waals surface area contributed by atoms with E-state index in [-0.39, 0.29) is 0 Å². The van der Waals surface area contributed by atoms with Crippen LogP contribution in [-0.2, 0) is 6.42 Å². The molecule has 27 heavy (non-hydrogen) atoms. The van der Waals surface area contributed by atoms with Crippen molar-refractivity contribution in [3.8, 4) is 11.5 Å². The number of guanidine groups is 1. The fraction of sp³-hybridized carbons (Fsp3) is 0.667. The maximum absolute atomic E-state index is 5.36. The third-order valence-corrected chi connectivity index (χ3v) is 4.40. The highest BCUT2D eigenvalue weighted by atomic mass is 16.5. The lowest BCUT2D eigenvalue weighted by atomic mass is 10.1. The molecule has 6 nitrogen and oxygen atoms in total. The molecule has 2 N–H and O–H groups in total. The van der Waals surface area contributed by atoms with Gasteiger partial charge >= 0.3 is 0 Å². The van der Waals surface area contributed by atoms with Gasteiger partial charge in [-0.15, -0.1) is 0 Å². The Hall–Kier alpha value is -1.95. The fourth-order valence-electron chi connectivity index (χ4n) is 3.06. The van der Waals surface area contributed by atoms with Crippen molar-refractivity contribution in [2.75, 3.05) is 54.0 Å². The number of nitrogens with zero attached hydrogens (tertiary/aromatic N) is 2. The summed E-state index contributed by atoms with van der Waals surface area (Å²) in [4.78, 5) is 6.84. The highest BCUT2D eigenvalue weighted by Crippen LogP contribution is 2.27. The van der Waals surface area contributed by atoms with Crippen molar-refractivity contribution >= 4 is 5.96 Å². The minimum absolute atomic E-state index is 0.756. The first-order valence-electron chi connectivity index (χ1n) is 10.1. The molecule has 0 aliphatic carbocycles. The molecule has 0 saturated carbocycles. The number of nitrogens with one attached hydrogen (secondary N) is 2. The smallest absolute Gasteiger partial charge is 0.190 e. The largest absolute Gasteiger partial charge is 0.493 e. The zero-order chi connectivity index (χ0) is 19.9. The van der Waals surface area contributed by atoms with Gasteiger partial charge in [0.25, 0.3) is 0 Å². The molecule has 154 valence electrons. The van der Waals surface area contributed by atoms with E-state index in [1.807, 2.05) is 19.2 Å². The first-order chi connectivity index (χ1) is 13.2. The molecule has 6 heteroatoms. The number of hydrogen-bond acceptors (Lipinski definition) is 4. The molecule has 1 aromatic carbocycles. The second-order valence-corrected chi connectivity index (χ2v) is 6.56. The predicted octanol–water partition coefficient (Wildman–Crippen LogP) is 2.92. The van der Waals surface area contributed by atoms with Crippen LogP contribution < -0.4 is 20.1 Å². The van der Waals surface area contributed by atoms with Gasteiger partial charge in [-0.25, -0.2) is 0 Å². The van der Waals surface area contributed by atoms with Crippen LogP contribution in [0.1, 0.15) is 38.7 Å². The molecular formula is C21H38N4O2. The lowest BCUT2D eigenvalue weighted by Crippen LogP contribution is -2.39. The van der Waals surface area contributed by atoms with E-state index < -0.39 is 0 Å². The predicted molar refractivity (Wildman–Crippen MR) is 114 cm³/mol. The van der Waals surface area contributed by atoms with Crippen LogP contribution in [0.2, 0.25) is 0 Å². The first kappa shape index (κ1) is 23.1. The Morgan fingerprint density at radius 2 is 1.63 bits per heavy atom. The molecule has 1 aromatic rings. The Morgan fingerprint density at radius 3 is 2.22 bits per heavy atom. The van der Waals surface area contributed by atoms with Gasteiger partial charge in [-0.05, 0) is 63.0 Å².